The summed E-state index contributed by atoms with van der Waals surface area (Å²) in [5.74, 6) is 0.0617. The van der Waals surface area contributed by atoms with Gasteiger partial charge in [-0.05, 0) is 49.7 Å². The number of alkyl halides is 5. The number of nitrogens with one attached hydrogen (secondary N) is 1. The first-order valence-corrected chi connectivity index (χ1v) is 9.40. The summed E-state index contributed by atoms with van der Waals surface area (Å²) < 4.78 is 75.8. The number of morpholine rings is 1. The minimum Gasteiger partial charge on any atom is -0.444 e. The molecule has 6 nitrogen and oxygen atoms in total. The fourth-order valence-corrected chi connectivity index (χ4v) is 3.17. The Balaban J connectivity index is 2.18. The van der Waals surface area contributed by atoms with Crippen LogP contribution in [0.1, 0.15) is 33.3 Å². The molecule has 1 aromatic rings. The monoisotopic (exact) mass is 489 g/mol. The molecule has 1 aliphatic heterocycles. The second-order valence-corrected chi connectivity index (χ2v) is 8.42. The summed E-state index contributed by atoms with van der Waals surface area (Å²) in [6.45, 7) is 5.05. The zero-order valence-corrected chi connectivity index (χ0v) is 17.7. The fourth-order valence-electron chi connectivity index (χ4n) is 2.68. The first-order valence-electron chi connectivity index (χ1n) is 8.61. The van der Waals surface area contributed by atoms with Crippen LogP contribution in [0.3, 0.4) is 0 Å². The summed E-state index contributed by atoms with van der Waals surface area (Å²) in [7, 11) is 0. The zero-order valence-electron chi connectivity index (χ0n) is 16.1. The van der Waals surface area contributed by atoms with Gasteiger partial charge >= 0.3 is 18.4 Å². The summed E-state index contributed by atoms with van der Waals surface area (Å²) in [6, 6.07) is -0.0314. The third-order valence-corrected chi connectivity index (χ3v) is 4.53. The molecule has 1 aliphatic rings. The van der Waals surface area contributed by atoms with Gasteiger partial charge in [0.05, 0.1) is 22.2 Å². The van der Waals surface area contributed by atoms with Gasteiger partial charge in [-0.3, -0.25) is 4.90 Å². The molecule has 2 atom stereocenters. The van der Waals surface area contributed by atoms with Crippen molar-refractivity contribution in [3.63, 3.8) is 0 Å². The Morgan fingerprint density at radius 2 is 2.03 bits per heavy atom. The molecule has 2 rings (SSSR count). The van der Waals surface area contributed by atoms with Crippen LogP contribution in [0.4, 0.5) is 32.6 Å². The van der Waals surface area contributed by atoms with E-state index in [2.05, 4.69) is 31.0 Å². The van der Waals surface area contributed by atoms with Crippen molar-refractivity contribution in [3.8, 4) is 0 Å². The van der Waals surface area contributed by atoms with Crippen molar-refractivity contribution in [2.45, 2.75) is 57.7 Å². The smallest absolute Gasteiger partial charge is 0.417 e. The number of carbonyl (C=O) groups excluding carboxylic acids is 1. The molecule has 1 saturated heterocycles. The topological polar surface area (TPSA) is 63.7 Å². The van der Waals surface area contributed by atoms with Gasteiger partial charge in [0.15, 0.2) is 0 Å². The van der Waals surface area contributed by atoms with E-state index in [0.717, 1.165) is 11.0 Å². The van der Waals surface area contributed by atoms with Gasteiger partial charge in [-0.25, -0.2) is 9.78 Å². The number of anilines is 1. The lowest BCUT2D eigenvalue weighted by molar-refractivity contribution is -0.300. The molecule has 12 heteroatoms. The highest BCUT2D eigenvalue weighted by molar-refractivity contribution is 9.10. The molecule has 0 spiro atoms. The number of aromatic nitrogens is 1. The summed E-state index contributed by atoms with van der Waals surface area (Å²) in [5.41, 5.74) is -1.84. The van der Waals surface area contributed by atoms with E-state index in [-0.39, 0.29) is 16.8 Å². The van der Waals surface area contributed by atoms with Gasteiger partial charge in [0.25, 0.3) is 0 Å². The van der Waals surface area contributed by atoms with Crippen molar-refractivity contribution in [2.75, 3.05) is 18.4 Å². The maximum atomic E-state index is 13.8. The standard InChI is InChI=1S/C17H21BrF5N3O3/c1-9-12(7-25-13-11(18)5-10(6-24-13)17(21,22)23)26(8-16(19,20)28-9)14(27)29-15(2,3)4/h5-6,9,12H,7-8H2,1-4H3,(H,24,25)/t9-,12+/m0/s1. The second kappa shape index (κ2) is 8.21. The van der Waals surface area contributed by atoms with E-state index in [9.17, 15) is 26.7 Å². The van der Waals surface area contributed by atoms with Crippen molar-refractivity contribution >= 4 is 27.8 Å². The maximum absolute atomic E-state index is 13.8. The number of amides is 1. The highest BCUT2D eigenvalue weighted by Gasteiger charge is 2.48. The zero-order chi connectivity index (χ0) is 22.2. The van der Waals surface area contributed by atoms with Crippen molar-refractivity contribution in [3.05, 3.63) is 22.3 Å². The molecular weight excluding hydrogens is 469 g/mol. The number of pyridine rings is 1. The Bertz CT molecular complexity index is 755. The summed E-state index contributed by atoms with van der Waals surface area (Å²) >= 11 is 3.00. The van der Waals surface area contributed by atoms with Crippen LogP contribution in [-0.4, -0.2) is 52.9 Å². The lowest BCUT2D eigenvalue weighted by Crippen LogP contribution is -2.61. The molecule has 1 fully saturated rings. The van der Waals surface area contributed by atoms with Gasteiger partial charge in [-0.1, -0.05) is 0 Å². The van der Waals surface area contributed by atoms with Gasteiger partial charge in [-0.2, -0.15) is 22.0 Å². The first-order chi connectivity index (χ1) is 13.1. The van der Waals surface area contributed by atoms with E-state index in [1.165, 1.54) is 6.92 Å². The van der Waals surface area contributed by atoms with Crippen LogP contribution in [0.5, 0.6) is 0 Å². The minimum absolute atomic E-state index is 0.0332. The molecule has 1 aromatic heterocycles. The van der Waals surface area contributed by atoms with Crippen LogP contribution in [-0.2, 0) is 15.7 Å². The molecular formula is C17H21BrF5N3O3. The minimum atomic E-state index is -4.56. The van der Waals surface area contributed by atoms with Crippen LogP contribution in [0.25, 0.3) is 0 Å². The van der Waals surface area contributed by atoms with Crippen LogP contribution >= 0.6 is 15.9 Å². The summed E-state index contributed by atoms with van der Waals surface area (Å²) in [6.07, 6.45) is -9.49. The molecule has 0 aliphatic carbocycles. The Kier molecular flexibility index (Phi) is 6.68. The van der Waals surface area contributed by atoms with Crippen molar-refractivity contribution in [2.24, 2.45) is 0 Å². The molecule has 29 heavy (non-hydrogen) atoms. The van der Waals surface area contributed by atoms with E-state index in [0.29, 0.717) is 6.20 Å². The quantitative estimate of drug-likeness (QED) is 0.612. The molecule has 0 unspecified atom stereocenters. The van der Waals surface area contributed by atoms with Gasteiger partial charge in [0, 0.05) is 12.7 Å². The first kappa shape index (κ1) is 23.6. The van der Waals surface area contributed by atoms with Crippen LogP contribution in [0.15, 0.2) is 16.7 Å². The molecule has 0 radical (unpaired) electrons. The van der Waals surface area contributed by atoms with Gasteiger partial charge in [0.2, 0.25) is 0 Å². The summed E-state index contributed by atoms with van der Waals surface area (Å²) in [5, 5.41) is 2.77. The van der Waals surface area contributed by atoms with Crippen LogP contribution in [0, 0.1) is 0 Å². The molecule has 164 valence electrons. The Morgan fingerprint density at radius 3 is 2.55 bits per heavy atom. The highest BCUT2D eigenvalue weighted by atomic mass is 79.9. The lowest BCUT2D eigenvalue weighted by Gasteiger charge is -2.43. The maximum Gasteiger partial charge on any atom is 0.417 e. The molecule has 1 N–H and O–H groups in total. The van der Waals surface area contributed by atoms with Crippen molar-refractivity contribution < 1.29 is 36.2 Å². The third-order valence-electron chi connectivity index (χ3n) is 3.93. The number of halogens is 6. The lowest BCUT2D eigenvalue weighted by atomic mass is 10.1. The molecule has 1 amide bonds. The van der Waals surface area contributed by atoms with E-state index >= 15 is 0 Å². The molecule has 2 heterocycles. The summed E-state index contributed by atoms with van der Waals surface area (Å²) in [4.78, 5) is 17.0. The number of ether oxygens (including phenoxy) is 2. The highest BCUT2D eigenvalue weighted by Crippen LogP contribution is 2.33. The average Bonchev–Trinajstić information content (AvgIpc) is 2.51. The Hall–Kier alpha value is -1.69. The van der Waals surface area contributed by atoms with Gasteiger partial charge < -0.3 is 14.8 Å². The van der Waals surface area contributed by atoms with E-state index in [4.69, 9.17) is 4.74 Å². The van der Waals surface area contributed by atoms with E-state index < -0.39 is 48.2 Å². The van der Waals surface area contributed by atoms with Crippen LogP contribution < -0.4 is 5.32 Å². The molecule has 0 aromatic carbocycles. The van der Waals surface area contributed by atoms with Gasteiger partial charge in [0.1, 0.15) is 18.0 Å². The van der Waals surface area contributed by atoms with E-state index in [1.54, 1.807) is 20.8 Å². The normalized spacial score (nSPS) is 22.3. The van der Waals surface area contributed by atoms with E-state index in [1.807, 2.05) is 0 Å². The SMILES string of the molecule is C[C@@H]1OC(F)(F)CN(C(=O)OC(C)(C)C)[C@@H]1CNc1ncc(C(F)(F)F)cc1Br. The Labute approximate surface area is 172 Å². The fraction of sp³-hybridized carbons (Fsp3) is 0.647. The predicted octanol–water partition coefficient (Wildman–Crippen LogP) is 4.89. The molecule has 0 saturated carbocycles. The van der Waals surface area contributed by atoms with Crippen LogP contribution in [0.2, 0.25) is 0 Å². The predicted molar refractivity (Wildman–Crippen MR) is 97.7 cm³/mol. The largest absolute Gasteiger partial charge is 0.444 e. The number of hydrogen-bond acceptors (Lipinski definition) is 5. The Morgan fingerprint density at radius 1 is 1.41 bits per heavy atom. The number of rotatable bonds is 3. The molecule has 0 bridgehead atoms. The number of carbonyl (C=O) groups is 1. The number of hydrogen-bond donors (Lipinski definition) is 1. The average molecular weight is 490 g/mol. The second-order valence-electron chi connectivity index (χ2n) is 7.57. The van der Waals surface area contributed by atoms with Gasteiger partial charge in [-0.15, -0.1) is 0 Å². The third kappa shape index (κ3) is 6.39. The van der Waals surface area contributed by atoms with Crippen molar-refractivity contribution in [1.82, 2.24) is 9.88 Å². The van der Waals surface area contributed by atoms with Crippen molar-refractivity contribution in [1.29, 1.82) is 0 Å². The number of nitrogens with zero attached hydrogens (tertiary/aromatic N) is 2.